The van der Waals surface area contributed by atoms with Crippen molar-refractivity contribution in [1.29, 1.82) is 0 Å². The van der Waals surface area contributed by atoms with Crippen LogP contribution in [0.2, 0.25) is 0 Å². The lowest BCUT2D eigenvalue weighted by Gasteiger charge is -2.25. The summed E-state index contributed by atoms with van der Waals surface area (Å²) in [5, 5.41) is 3.00. The van der Waals surface area contributed by atoms with Gasteiger partial charge in [-0.3, -0.25) is 4.79 Å². The molecule has 3 N–H and O–H groups in total. The molecule has 0 fully saturated rings. The minimum atomic E-state index is -0.642. The highest BCUT2D eigenvalue weighted by molar-refractivity contribution is 5.84. The van der Waals surface area contributed by atoms with Crippen molar-refractivity contribution in [3.63, 3.8) is 0 Å². The van der Waals surface area contributed by atoms with Crippen molar-refractivity contribution in [2.75, 3.05) is 7.05 Å². The van der Waals surface area contributed by atoms with Gasteiger partial charge < -0.3 is 15.6 Å². The van der Waals surface area contributed by atoms with Crippen molar-refractivity contribution >= 4 is 16.9 Å². The molecule has 0 radical (unpaired) electrons. The molecule has 0 aliphatic carbocycles. The Balaban J connectivity index is 2.01. The van der Waals surface area contributed by atoms with Crippen molar-refractivity contribution in [2.45, 2.75) is 31.8 Å². The van der Waals surface area contributed by atoms with E-state index >= 15 is 0 Å². The topological polar surface area (TPSA) is 72.9 Å². The van der Waals surface area contributed by atoms with Crippen molar-refractivity contribution in [2.24, 2.45) is 5.73 Å². The third-order valence-corrected chi connectivity index (χ3v) is 3.70. The largest absolute Gasteiger partial charge is 0.368 e. The number of carbonyl (C=O) groups excluding carboxylic acids is 1. The summed E-state index contributed by atoms with van der Waals surface area (Å²) >= 11 is 0. The summed E-state index contributed by atoms with van der Waals surface area (Å²) < 4.78 is 2.10. The highest BCUT2D eigenvalue weighted by Crippen LogP contribution is 2.16. The van der Waals surface area contributed by atoms with Crippen LogP contribution < -0.4 is 11.1 Å². The maximum absolute atomic E-state index is 11.4. The Bertz CT molecular complexity index is 578. The monoisotopic (exact) mass is 260 g/mol. The van der Waals surface area contributed by atoms with Gasteiger partial charge in [-0.2, -0.15) is 0 Å². The van der Waals surface area contributed by atoms with Crippen LogP contribution in [-0.4, -0.2) is 28.0 Å². The number of carbonyl (C=O) groups is 1. The number of nitrogens with zero attached hydrogens (tertiary/aromatic N) is 2. The number of fused-ring (bicyclic) bond motifs is 1. The van der Waals surface area contributed by atoms with Crippen molar-refractivity contribution < 1.29 is 4.79 Å². The molecule has 1 heterocycles. The van der Waals surface area contributed by atoms with Crippen LogP contribution in [-0.2, 0) is 11.3 Å². The number of hydrogen-bond acceptors (Lipinski definition) is 3. The van der Waals surface area contributed by atoms with E-state index in [0.29, 0.717) is 6.42 Å². The first-order valence-electron chi connectivity index (χ1n) is 6.45. The zero-order chi connectivity index (χ0) is 13.9. The predicted molar refractivity (Wildman–Crippen MR) is 75.6 cm³/mol. The number of aryl methyl sites for hydroxylation is 1. The fourth-order valence-electron chi connectivity index (χ4n) is 2.16. The van der Waals surface area contributed by atoms with Gasteiger partial charge in [0.1, 0.15) is 0 Å². The Morgan fingerprint density at radius 3 is 2.89 bits per heavy atom. The molecule has 1 aromatic carbocycles. The van der Waals surface area contributed by atoms with Gasteiger partial charge in [0.15, 0.2) is 0 Å². The van der Waals surface area contributed by atoms with Crippen LogP contribution in [0.5, 0.6) is 0 Å². The molecule has 0 aliphatic heterocycles. The molecule has 5 nitrogen and oxygen atoms in total. The Hall–Kier alpha value is -1.88. The van der Waals surface area contributed by atoms with Gasteiger partial charge in [-0.15, -0.1) is 0 Å². The van der Waals surface area contributed by atoms with Gasteiger partial charge in [0.25, 0.3) is 0 Å². The second-order valence-electron chi connectivity index (χ2n) is 4.98. The molecule has 0 saturated heterocycles. The molecule has 1 unspecified atom stereocenters. The SMILES string of the molecule is CNC(C)(CCCn1cnc2ccccc21)C(N)=O. The summed E-state index contributed by atoms with van der Waals surface area (Å²) in [5.74, 6) is -0.314. The molecule has 0 spiro atoms. The van der Waals surface area contributed by atoms with Crippen LogP contribution in [0.4, 0.5) is 0 Å². The fraction of sp³-hybridized carbons (Fsp3) is 0.429. The van der Waals surface area contributed by atoms with Gasteiger partial charge in [-0.25, -0.2) is 4.98 Å². The first kappa shape index (κ1) is 13.5. The Kier molecular flexibility index (Phi) is 3.85. The summed E-state index contributed by atoms with van der Waals surface area (Å²) in [6.07, 6.45) is 3.40. The smallest absolute Gasteiger partial charge is 0.237 e. The number of primary amides is 1. The Morgan fingerprint density at radius 1 is 1.47 bits per heavy atom. The number of para-hydroxylation sites is 2. The second-order valence-corrected chi connectivity index (χ2v) is 4.98. The first-order chi connectivity index (χ1) is 9.07. The number of benzene rings is 1. The fourth-order valence-corrected chi connectivity index (χ4v) is 2.16. The molecule has 5 heteroatoms. The van der Waals surface area contributed by atoms with Gasteiger partial charge in [0, 0.05) is 6.54 Å². The summed E-state index contributed by atoms with van der Waals surface area (Å²) in [6, 6.07) is 8.02. The van der Waals surface area contributed by atoms with Crippen LogP contribution in [0, 0.1) is 0 Å². The van der Waals surface area contributed by atoms with Crippen molar-refractivity contribution in [3.8, 4) is 0 Å². The molecule has 102 valence electrons. The molecule has 1 aromatic heterocycles. The predicted octanol–water partition coefficient (Wildman–Crippen LogP) is 1.28. The van der Waals surface area contributed by atoms with E-state index in [-0.39, 0.29) is 5.91 Å². The maximum atomic E-state index is 11.4. The van der Waals surface area contributed by atoms with E-state index in [1.165, 1.54) is 0 Å². The molecule has 19 heavy (non-hydrogen) atoms. The lowest BCUT2D eigenvalue weighted by atomic mass is 9.95. The van der Waals surface area contributed by atoms with E-state index in [4.69, 9.17) is 5.73 Å². The molecule has 2 aromatic rings. The molecule has 0 aliphatic rings. The number of nitrogens with two attached hydrogens (primary N) is 1. The van der Waals surface area contributed by atoms with Gasteiger partial charge in [-0.1, -0.05) is 12.1 Å². The number of amides is 1. The minimum Gasteiger partial charge on any atom is -0.368 e. The van der Waals surface area contributed by atoms with Gasteiger partial charge in [0.2, 0.25) is 5.91 Å². The van der Waals surface area contributed by atoms with Gasteiger partial charge in [-0.05, 0) is 38.9 Å². The lowest BCUT2D eigenvalue weighted by molar-refractivity contribution is -0.123. The first-order valence-corrected chi connectivity index (χ1v) is 6.45. The van der Waals surface area contributed by atoms with Crippen LogP contribution in [0.15, 0.2) is 30.6 Å². The van der Waals surface area contributed by atoms with E-state index < -0.39 is 5.54 Å². The van der Waals surface area contributed by atoms with Gasteiger partial charge in [0.05, 0.1) is 22.9 Å². The number of rotatable bonds is 6. The zero-order valence-corrected chi connectivity index (χ0v) is 11.4. The average Bonchev–Trinajstić information content (AvgIpc) is 2.82. The minimum absolute atomic E-state index is 0.314. The number of aromatic nitrogens is 2. The second kappa shape index (κ2) is 5.40. The number of imidazole rings is 1. The third kappa shape index (κ3) is 2.76. The zero-order valence-electron chi connectivity index (χ0n) is 11.4. The summed E-state index contributed by atoms with van der Waals surface area (Å²) in [4.78, 5) is 15.7. The summed E-state index contributed by atoms with van der Waals surface area (Å²) in [6.45, 7) is 2.66. The number of nitrogens with one attached hydrogen (secondary N) is 1. The van der Waals surface area contributed by atoms with Crippen molar-refractivity contribution in [1.82, 2.24) is 14.9 Å². The lowest BCUT2D eigenvalue weighted by Crippen LogP contribution is -2.51. The van der Waals surface area contributed by atoms with E-state index in [1.54, 1.807) is 7.05 Å². The van der Waals surface area contributed by atoms with Gasteiger partial charge >= 0.3 is 0 Å². The van der Waals surface area contributed by atoms with E-state index in [9.17, 15) is 4.79 Å². The summed E-state index contributed by atoms with van der Waals surface area (Å²) in [5.41, 5.74) is 6.88. The molecule has 2 rings (SSSR count). The van der Waals surface area contributed by atoms with E-state index in [0.717, 1.165) is 24.0 Å². The molecular formula is C14H20N4O. The molecule has 1 amide bonds. The highest BCUT2D eigenvalue weighted by Gasteiger charge is 2.28. The Labute approximate surface area is 112 Å². The van der Waals surface area contributed by atoms with E-state index in [2.05, 4.69) is 14.9 Å². The van der Waals surface area contributed by atoms with Crippen LogP contribution in [0.25, 0.3) is 11.0 Å². The summed E-state index contributed by atoms with van der Waals surface area (Å²) in [7, 11) is 1.76. The molecule has 0 saturated carbocycles. The third-order valence-electron chi connectivity index (χ3n) is 3.70. The Morgan fingerprint density at radius 2 is 2.21 bits per heavy atom. The van der Waals surface area contributed by atoms with Crippen LogP contribution in [0.1, 0.15) is 19.8 Å². The van der Waals surface area contributed by atoms with Crippen LogP contribution >= 0.6 is 0 Å². The standard InChI is InChI=1S/C14H20N4O/c1-14(16-2,13(15)19)8-5-9-18-10-17-11-6-3-4-7-12(11)18/h3-4,6-7,10,16H,5,8-9H2,1-2H3,(H2,15,19). The number of likely N-dealkylation sites (N-methyl/N-ethyl adjacent to an activating group) is 1. The van der Waals surface area contributed by atoms with Crippen molar-refractivity contribution in [3.05, 3.63) is 30.6 Å². The quantitative estimate of drug-likeness (QED) is 0.821. The van der Waals surface area contributed by atoms with Crippen LogP contribution in [0.3, 0.4) is 0 Å². The van der Waals surface area contributed by atoms with E-state index in [1.807, 2.05) is 37.5 Å². The highest BCUT2D eigenvalue weighted by atomic mass is 16.1. The number of hydrogen-bond donors (Lipinski definition) is 2. The normalized spacial score (nSPS) is 14.4. The molecule has 1 atom stereocenters. The molecule has 0 bridgehead atoms. The maximum Gasteiger partial charge on any atom is 0.237 e. The molecular weight excluding hydrogens is 240 g/mol. The average molecular weight is 260 g/mol.